The number of amides is 1. The molecule has 1 N–H and O–H groups in total. The number of carbonyl (C=O) groups excluding carboxylic acids is 1. The lowest BCUT2D eigenvalue weighted by Gasteiger charge is -2.21. The van der Waals surface area contributed by atoms with Gasteiger partial charge in [0, 0.05) is 24.3 Å². The van der Waals surface area contributed by atoms with Crippen molar-refractivity contribution < 1.29 is 13.2 Å². The van der Waals surface area contributed by atoms with Crippen molar-refractivity contribution in [1.82, 2.24) is 4.31 Å². The third-order valence-corrected chi connectivity index (χ3v) is 6.51. The van der Waals surface area contributed by atoms with Crippen molar-refractivity contribution in [1.29, 1.82) is 0 Å². The lowest BCUT2D eigenvalue weighted by atomic mass is 10.1. The maximum atomic E-state index is 12.7. The minimum Gasteiger partial charge on any atom is -0.321 e. The molecule has 2 aromatic rings. The highest BCUT2D eigenvalue weighted by Gasteiger charge is 2.24. The first kappa shape index (κ1) is 20.1. The van der Waals surface area contributed by atoms with Gasteiger partial charge in [-0.3, -0.25) is 4.79 Å². The Morgan fingerprint density at radius 2 is 1.81 bits per heavy atom. The maximum absolute atomic E-state index is 12.7. The molecule has 0 atom stereocenters. The largest absolute Gasteiger partial charge is 0.321 e. The van der Waals surface area contributed by atoms with E-state index in [1.54, 1.807) is 26.0 Å². The van der Waals surface area contributed by atoms with Crippen LogP contribution in [0.3, 0.4) is 0 Å². The molecule has 2 aromatic carbocycles. The fraction of sp³-hybridized carbons (Fsp3) is 0.350. The van der Waals surface area contributed by atoms with Crippen molar-refractivity contribution in [2.75, 3.05) is 12.4 Å². The molecule has 0 fully saturated rings. The van der Waals surface area contributed by atoms with Crippen molar-refractivity contribution in [2.45, 2.75) is 45.1 Å². The second kappa shape index (κ2) is 8.01. The van der Waals surface area contributed by atoms with Crippen LogP contribution < -0.4 is 5.32 Å². The smallest absolute Gasteiger partial charge is 0.255 e. The summed E-state index contributed by atoms with van der Waals surface area (Å²) in [7, 11) is -2.10. The van der Waals surface area contributed by atoms with Crippen molar-refractivity contribution in [2.24, 2.45) is 0 Å². The summed E-state index contributed by atoms with van der Waals surface area (Å²) in [5, 5.41) is 2.93. The summed E-state index contributed by atoms with van der Waals surface area (Å²) in [5.41, 5.74) is 3.11. The Labute approximate surface area is 156 Å². The first-order valence-corrected chi connectivity index (χ1v) is 10.1. The standard InChI is InChI=1S/C20H26N2O3S/c1-6-16-10-7-9-15(4)19(16)21-20(23)17-11-8-12-18(13-17)26(24,25)22(5)14(2)3/h7-14H,6H2,1-5H3,(H,21,23). The monoisotopic (exact) mass is 374 g/mol. The van der Waals surface area contributed by atoms with E-state index in [1.807, 2.05) is 32.0 Å². The first-order chi connectivity index (χ1) is 12.2. The van der Waals surface area contributed by atoms with Gasteiger partial charge in [0.05, 0.1) is 4.90 Å². The predicted molar refractivity (Wildman–Crippen MR) is 105 cm³/mol. The Bertz CT molecular complexity index is 905. The predicted octanol–water partition coefficient (Wildman–Crippen LogP) is 3.84. The number of aryl methyl sites for hydroxylation is 2. The lowest BCUT2D eigenvalue weighted by Crippen LogP contribution is -2.33. The van der Waals surface area contributed by atoms with Crippen LogP contribution in [-0.2, 0) is 16.4 Å². The van der Waals surface area contributed by atoms with Crippen LogP contribution in [-0.4, -0.2) is 31.7 Å². The summed E-state index contributed by atoms with van der Waals surface area (Å²) < 4.78 is 26.6. The summed E-state index contributed by atoms with van der Waals surface area (Å²) in [6.07, 6.45) is 0.797. The van der Waals surface area contributed by atoms with E-state index >= 15 is 0 Å². The molecule has 0 heterocycles. The quantitative estimate of drug-likeness (QED) is 0.835. The summed E-state index contributed by atoms with van der Waals surface area (Å²) in [4.78, 5) is 12.8. The van der Waals surface area contributed by atoms with Crippen molar-refractivity contribution in [3.8, 4) is 0 Å². The molecule has 0 saturated heterocycles. The van der Waals surface area contributed by atoms with E-state index in [1.165, 1.54) is 23.5 Å². The number of nitrogens with one attached hydrogen (secondary N) is 1. The van der Waals surface area contributed by atoms with Gasteiger partial charge in [0.25, 0.3) is 5.91 Å². The number of nitrogens with zero attached hydrogens (tertiary/aromatic N) is 1. The van der Waals surface area contributed by atoms with Gasteiger partial charge in [-0.15, -0.1) is 0 Å². The normalized spacial score (nSPS) is 11.8. The molecule has 0 aliphatic carbocycles. The molecule has 0 spiro atoms. The first-order valence-electron chi connectivity index (χ1n) is 8.66. The number of para-hydroxylation sites is 1. The molecule has 0 aromatic heterocycles. The lowest BCUT2D eigenvalue weighted by molar-refractivity contribution is 0.102. The zero-order valence-electron chi connectivity index (χ0n) is 15.9. The molecule has 0 unspecified atom stereocenters. The van der Waals surface area contributed by atoms with Crippen LogP contribution in [0.5, 0.6) is 0 Å². The summed E-state index contributed by atoms with van der Waals surface area (Å²) in [5.74, 6) is -0.321. The van der Waals surface area contributed by atoms with Crippen molar-refractivity contribution in [3.05, 3.63) is 59.2 Å². The van der Waals surface area contributed by atoms with Gasteiger partial charge in [0.1, 0.15) is 0 Å². The van der Waals surface area contributed by atoms with E-state index < -0.39 is 10.0 Å². The molecule has 5 nitrogen and oxygen atoms in total. The van der Waals surface area contributed by atoms with Crippen LogP contribution in [0.2, 0.25) is 0 Å². The number of sulfonamides is 1. The van der Waals surface area contributed by atoms with Crippen LogP contribution in [0.1, 0.15) is 42.3 Å². The van der Waals surface area contributed by atoms with Gasteiger partial charge < -0.3 is 5.32 Å². The SMILES string of the molecule is CCc1cccc(C)c1NC(=O)c1cccc(S(=O)(=O)N(C)C(C)C)c1. The molecule has 26 heavy (non-hydrogen) atoms. The topological polar surface area (TPSA) is 66.5 Å². The molecule has 0 saturated carbocycles. The van der Waals surface area contributed by atoms with Gasteiger partial charge >= 0.3 is 0 Å². The van der Waals surface area contributed by atoms with Gasteiger partial charge in [-0.2, -0.15) is 4.31 Å². The number of rotatable bonds is 6. The molecule has 140 valence electrons. The maximum Gasteiger partial charge on any atom is 0.255 e. The van der Waals surface area contributed by atoms with Gasteiger partial charge in [0.15, 0.2) is 0 Å². The Morgan fingerprint density at radius 3 is 2.42 bits per heavy atom. The molecule has 0 radical (unpaired) electrons. The van der Waals surface area contributed by atoms with Crippen LogP contribution in [0.4, 0.5) is 5.69 Å². The van der Waals surface area contributed by atoms with Gasteiger partial charge in [-0.25, -0.2) is 8.42 Å². The second-order valence-electron chi connectivity index (χ2n) is 6.56. The van der Waals surface area contributed by atoms with E-state index in [4.69, 9.17) is 0 Å². The van der Waals surface area contributed by atoms with Gasteiger partial charge in [-0.1, -0.05) is 31.2 Å². The molecule has 0 bridgehead atoms. The van der Waals surface area contributed by atoms with Crippen LogP contribution in [0.15, 0.2) is 47.4 Å². The van der Waals surface area contributed by atoms with Crippen molar-refractivity contribution >= 4 is 21.6 Å². The number of anilines is 1. The van der Waals surface area contributed by atoms with Crippen molar-refractivity contribution in [3.63, 3.8) is 0 Å². The minimum atomic E-state index is -3.63. The summed E-state index contributed by atoms with van der Waals surface area (Å²) in [6.45, 7) is 7.57. The fourth-order valence-corrected chi connectivity index (χ4v) is 4.04. The van der Waals surface area contributed by atoms with E-state index in [2.05, 4.69) is 5.32 Å². The number of hydrogen-bond donors (Lipinski definition) is 1. The highest BCUT2D eigenvalue weighted by Crippen LogP contribution is 2.23. The Hall–Kier alpha value is -2.18. The fourth-order valence-electron chi connectivity index (χ4n) is 2.63. The van der Waals surface area contributed by atoms with Crippen LogP contribution in [0, 0.1) is 6.92 Å². The van der Waals surface area contributed by atoms with E-state index in [0.717, 1.165) is 23.2 Å². The van der Waals surface area contributed by atoms with E-state index in [0.29, 0.717) is 5.56 Å². The summed E-state index contributed by atoms with van der Waals surface area (Å²) in [6, 6.07) is 11.8. The Kier molecular flexibility index (Phi) is 6.21. The molecule has 0 aliphatic rings. The average Bonchev–Trinajstić information content (AvgIpc) is 2.62. The highest BCUT2D eigenvalue weighted by molar-refractivity contribution is 7.89. The van der Waals surface area contributed by atoms with Gasteiger partial charge in [0.2, 0.25) is 10.0 Å². The van der Waals surface area contributed by atoms with E-state index in [-0.39, 0.29) is 16.8 Å². The Balaban J connectivity index is 2.35. The third-order valence-electron chi connectivity index (χ3n) is 4.48. The molecule has 0 aliphatic heterocycles. The number of hydrogen-bond acceptors (Lipinski definition) is 3. The number of benzene rings is 2. The minimum absolute atomic E-state index is 0.113. The van der Waals surface area contributed by atoms with Gasteiger partial charge in [-0.05, 0) is 56.5 Å². The van der Waals surface area contributed by atoms with Crippen LogP contribution >= 0.6 is 0 Å². The molecular weight excluding hydrogens is 348 g/mol. The summed E-state index contributed by atoms with van der Waals surface area (Å²) >= 11 is 0. The number of carbonyl (C=O) groups is 1. The second-order valence-corrected chi connectivity index (χ2v) is 8.56. The third kappa shape index (κ3) is 4.14. The van der Waals surface area contributed by atoms with E-state index in [9.17, 15) is 13.2 Å². The molecule has 1 amide bonds. The zero-order chi connectivity index (χ0) is 19.5. The highest BCUT2D eigenvalue weighted by atomic mass is 32.2. The Morgan fingerprint density at radius 1 is 1.15 bits per heavy atom. The average molecular weight is 375 g/mol. The molecule has 2 rings (SSSR count). The molecule has 6 heteroatoms. The molecular formula is C20H26N2O3S. The zero-order valence-corrected chi connectivity index (χ0v) is 16.7. The van der Waals surface area contributed by atoms with Crippen LogP contribution in [0.25, 0.3) is 0 Å².